The predicted octanol–water partition coefficient (Wildman–Crippen LogP) is 1.22. The second-order valence-corrected chi connectivity index (χ2v) is 8.18. The molecule has 2 saturated heterocycles. The largest absolute Gasteiger partial charge is 0.450 e. The third kappa shape index (κ3) is 4.69. The first-order valence-electron chi connectivity index (χ1n) is 11.1. The first-order valence-corrected chi connectivity index (χ1v) is 11.1. The zero-order valence-electron chi connectivity index (χ0n) is 18.1. The highest BCUT2D eigenvalue weighted by Gasteiger charge is 2.25. The smallest absolute Gasteiger partial charge is 0.409 e. The summed E-state index contributed by atoms with van der Waals surface area (Å²) in [5.41, 5.74) is -0.218. The Bertz CT molecular complexity index is 1110. The molecule has 3 heterocycles. The number of nitrogens with zero attached hydrogens (tertiary/aromatic N) is 2. The minimum absolute atomic E-state index is 0.0673. The number of benzene rings is 1. The molecule has 2 aliphatic heterocycles. The van der Waals surface area contributed by atoms with E-state index in [2.05, 4.69) is 10.3 Å². The van der Waals surface area contributed by atoms with Crippen molar-refractivity contribution in [3.05, 3.63) is 44.6 Å². The molecule has 10 nitrogen and oxygen atoms in total. The van der Waals surface area contributed by atoms with Crippen molar-refractivity contribution in [3.63, 3.8) is 0 Å². The summed E-state index contributed by atoms with van der Waals surface area (Å²) in [5.74, 6) is -0.286. The monoisotopic (exact) mass is 444 g/mol. The molecule has 1 unspecified atom stereocenters. The van der Waals surface area contributed by atoms with E-state index in [-0.39, 0.29) is 30.7 Å². The van der Waals surface area contributed by atoms with Crippen LogP contribution in [0.2, 0.25) is 0 Å². The minimum atomic E-state index is -0.512. The number of piperidine rings is 1. The van der Waals surface area contributed by atoms with Crippen LogP contribution in [0.3, 0.4) is 0 Å². The van der Waals surface area contributed by atoms with Crippen LogP contribution in [-0.4, -0.2) is 64.9 Å². The lowest BCUT2D eigenvalue weighted by Crippen LogP contribution is -2.46. The first kappa shape index (κ1) is 22.1. The van der Waals surface area contributed by atoms with E-state index in [1.165, 1.54) is 6.07 Å². The van der Waals surface area contributed by atoms with E-state index in [9.17, 15) is 19.2 Å². The molecule has 2 aliphatic rings. The maximum Gasteiger partial charge on any atom is 0.409 e. The van der Waals surface area contributed by atoms with Gasteiger partial charge in [-0.3, -0.25) is 14.2 Å². The lowest BCUT2D eigenvalue weighted by Gasteiger charge is -2.31. The van der Waals surface area contributed by atoms with Gasteiger partial charge in [0.05, 0.1) is 30.2 Å². The van der Waals surface area contributed by atoms with Crippen LogP contribution in [0.5, 0.6) is 0 Å². The molecule has 4 rings (SSSR count). The standard InChI is InChI=1S/C22H28N4O6/c1-2-31-22(30)25-9-7-15(8-10-25)23-19(27)14-5-6-17-18(12-14)24-21(29)26(20(17)28)13-16-4-3-11-32-16/h5-6,12,15-16H,2-4,7-11,13H2,1H3,(H,23,27)(H,24,29). The van der Waals surface area contributed by atoms with Gasteiger partial charge in [0.2, 0.25) is 0 Å². The van der Waals surface area contributed by atoms with Gasteiger partial charge in [-0.05, 0) is 50.8 Å². The number of aromatic amines is 1. The van der Waals surface area contributed by atoms with Crippen LogP contribution in [0.4, 0.5) is 4.79 Å². The maximum atomic E-state index is 12.8. The van der Waals surface area contributed by atoms with Gasteiger partial charge in [0.15, 0.2) is 0 Å². The Labute approximate surface area is 184 Å². The average molecular weight is 444 g/mol. The highest BCUT2D eigenvalue weighted by atomic mass is 16.6. The maximum absolute atomic E-state index is 12.8. The molecule has 1 aromatic heterocycles. The Kier molecular flexibility index (Phi) is 6.59. The Hall–Kier alpha value is -3.14. The van der Waals surface area contributed by atoms with E-state index in [0.29, 0.717) is 55.6 Å². The van der Waals surface area contributed by atoms with Crippen LogP contribution >= 0.6 is 0 Å². The van der Waals surface area contributed by atoms with E-state index in [0.717, 1.165) is 17.4 Å². The molecule has 2 aromatic rings. The van der Waals surface area contributed by atoms with E-state index in [1.807, 2.05) is 0 Å². The molecule has 10 heteroatoms. The highest BCUT2D eigenvalue weighted by Crippen LogP contribution is 2.15. The second-order valence-electron chi connectivity index (χ2n) is 8.18. The van der Waals surface area contributed by atoms with Gasteiger partial charge in [-0.25, -0.2) is 9.59 Å². The number of hydrogen-bond acceptors (Lipinski definition) is 6. The number of carbonyl (C=O) groups is 2. The lowest BCUT2D eigenvalue weighted by atomic mass is 10.0. The van der Waals surface area contributed by atoms with Crippen molar-refractivity contribution in [2.75, 3.05) is 26.3 Å². The van der Waals surface area contributed by atoms with Crippen LogP contribution in [0.15, 0.2) is 27.8 Å². The van der Waals surface area contributed by atoms with Crippen molar-refractivity contribution >= 4 is 22.9 Å². The fourth-order valence-corrected chi connectivity index (χ4v) is 4.24. The molecule has 32 heavy (non-hydrogen) atoms. The number of likely N-dealkylation sites (tertiary alicyclic amines) is 1. The minimum Gasteiger partial charge on any atom is -0.450 e. The molecular weight excluding hydrogens is 416 g/mol. The normalized spacial score (nSPS) is 19.3. The summed E-state index contributed by atoms with van der Waals surface area (Å²) in [4.78, 5) is 54.2. The van der Waals surface area contributed by atoms with Crippen molar-refractivity contribution in [2.24, 2.45) is 0 Å². The fraction of sp³-hybridized carbons (Fsp3) is 0.545. The quantitative estimate of drug-likeness (QED) is 0.715. The number of hydrogen-bond donors (Lipinski definition) is 2. The lowest BCUT2D eigenvalue weighted by molar-refractivity contribution is 0.0860. The third-order valence-corrected chi connectivity index (χ3v) is 6.01. The Morgan fingerprint density at radius 2 is 2.00 bits per heavy atom. The number of amides is 2. The van der Waals surface area contributed by atoms with Gasteiger partial charge >= 0.3 is 11.8 Å². The van der Waals surface area contributed by atoms with Crippen LogP contribution in [0.25, 0.3) is 10.9 Å². The zero-order chi connectivity index (χ0) is 22.7. The van der Waals surface area contributed by atoms with Gasteiger partial charge in [-0.2, -0.15) is 0 Å². The topological polar surface area (TPSA) is 123 Å². The number of H-pyrrole nitrogens is 1. The Morgan fingerprint density at radius 3 is 2.69 bits per heavy atom. The number of carbonyl (C=O) groups excluding carboxylic acids is 2. The van der Waals surface area contributed by atoms with Crippen molar-refractivity contribution in [1.82, 2.24) is 19.8 Å². The molecule has 0 aliphatic carbocycles. The Morgan fingerprint density at radius 1 is 1.22 bits per heavy atom. The summed E-state index contributed by atoms with van der Waals surface area (Å²) < 4.78 is 11.7. The summed E-state index contributed by atoms with van der Waals surface area (Å²) >= 11 is 0. The second kappa shape index (κ2) is 9.56. The molecular formula is C22H28N4O6. The molecule has 2 N–H and O–H groups in total. The van der Waals surface area contributed by atoms with Crippen LogP contribution in [0, 0.1) is 0 Å². The van der Waals surface area contributed by atoms with E-state index in [1.54, 1.807) is 24.0 Å². The molecule has 0 spiro atoms. The van der Waals surface area contributed by atoms with Crippen molar-refractivity contribution in [2.45, 2.75) is 51.3 Å². The van der Waals surface area contributed by atoms with Gasteiger partial charge in [-0.1, -0.05) is 0 Å². The summed E-state index contributed by atoms with van der Waals surface area (Å²) in [6, 6.07) is 4.61. The molecule has 172 valence electrons. The van der Waals surface area contributed by atoms with Gasteiger partial charge in [0, 0.05) is 31.3 Å². The molecule has 0 saturated carbocycles. The molecule has 1 atom stereocenters. The molecule has 2 fully saturated rings. The third-order valence-electron chi connectivity index (χ3n) is 6.01. The Balaban J connectivity index is 1.44. The van der Waals surface area contributed by atoms with E-state index < -0.39 is 11.2 Å². The van der Waals surface area contributed by atoms with E-state index >= 15 is 0 Å². The van der Waals surface area contributed by atoms with Crippen LogP contribution in [0.1, 0.15) is 43.0 Å². The average Bonchev–Trinajstić information content (AvgIpc) is 3.30. The summed E-state index contributed by atoms with van der Waals surface area (Å²) in [7, 11) is 0. The molecule has 1 aromatic carbocycles. The first-order chi connectivity index (χ1) is 15.5. The predicted molar refractivity (Wildman–Crippen MR) is 117 cm³/mol. The number of nitrogens with one attached hydrogen (secondary N) is 2. The van der Waals surface area contributed by atoms with Crippen molar-refractivity contribution < 1.29 is 19.1 Å². The van der Waals surface area contributed by atoms with Gasteiger partial charge < -0.3 is 24.7 Å². The number of aromatic nitrogens is 2. The van der Waals surface area contributed by atoms with Crippen LogP contribution < -0.4 is 16.6 Å². The van der Waals surface area contributed by atoms with Crippen molar-refractivity contribution in [1.29, 1.82) is 0 Å². The van der Waals surface area contributed by atoms with Gasteiger partial charge in [0.1, 0.15) is 0 Å². The fourth-order valence-electron chi connectivity index (χ4n) is 4.24. The van der Waals surface area contributed by atoms with Crippen LogP contribution in [-0.2, 0) is 16.0 Å². The van der Waals surface area contributed by atoms with Crippen molar-refractivity contribution in [3.8, 4) is 0 Å². The zero-order valence-corrected chi connectivity index (χ0v) is 18.1. The number of fused-ring (bicyclic) bond motifs is 1. The van der Waals surface area contributed by atoms with Gasteiger partial charge in [0.25, 0.3) is 11.5 Å². The molecule has 0 bridgehead atoms. The summed E-state index contributed by atoms with van der Waals surface area (Å²) in [6.07, 6.45) is 2.53. The summed E-state index contributed by atoms with van der Waals surface area (Å²) in [6.45, 7) is 3.99. The van der Waals surface area contributed by atoms with E-state index in [4.69, 9.17) is 9.47 Å². The SMILES string of the molecule is CCOC(=O)N1CCC(NC(=O)c2ccc3c(=O)n(CC4CCCO4)c(=O)[nH]c3c2)CC1. The molecule has 0 radical (unpaired) electrons. The highest BCUT2D eigenvalue weighted by molar-refractivity contribution is 5.97. The molecule has 2 amide bonds. The van der Waals surface area contributed by atoms with Gasteiger partial charge in [-0.15, -0.1) is 0 Å². The summed E-state index contributed by atoms with van der Waals surface area (Å²) in [5, 5.41) is 3.32. The number of ether oxygens (including phenoxy) is 2. The number of rotatable bonds is 5.